The molecule has 0 saturated heterocycles. The lowest BCUT2D eigenvalue weighted by molar-refractivity contribution is -0.119. The number of phenols is 1. The fraction of sp³-hybridized carbons (Fsp3) is 0.0952. The Hall–Kier alpha value is -2.47. The van der Waals surface area contributed by atoms with Crippen LogP contribution in [-0.2, 0) is 11.2 Å². The number of hydrogen-bond donors (Lipinski definition) is 2. The SMILES string of the molecule is NC(=O)COc1cc(Cl)c(Cc2ccc(O)c(-c3cc(F)ccc3Cl)c2)c(Cl)c1. The zero-order valence-electron chi connectivity index (χ0n) is 14.9. The van der Waals surface area contributed by atoms with E-state index in [1.54, 1.807) is 12.1 Å². The molecule has 0 heterocycles. The van der Waals surface area contributed by atoms with Gasteiger partial charge in [-0.2, -0.15) is 0 Å². The zero-order chi connectivity index (χ0) is 21.1. The lowest BCUT2D eigenvalue weighted by Crippen LogP contribution is -2.20. The summed E-state index contributed by atoms with van der Waals surface area (Å²) in [4.78, 5) is 10.8. The van der Waals surface area contributed by atoms with Gasteiger partial charge in [-0.3, -0.25) is 4.79 Å². The topological polar surface area (TPSA) is 72.6 Å². The first-order chi connectivity index (χ1) is 13.7. The largest absolute Gasteiger partial charge is 0.507 e. The molecule has 0 radical (unpaired) electrons. The molecule has 3 aromatic carbocycles. The summed E-state index contributed by atoms with van der Waals surface area (Å²) in [6, 6.07) is 11.9. The van der Waals surface area contributed by atoms with E-state index in [0.717, 1.165) is 5.56 Å². The predicted molar refractivity (Wildman–Crippen MR) is 112 cm³/mol. The van der Waals surface area contributed by atoms with Crippen molar-refractivity contribution < 1.29 is 19.0 Å². The average Bonchev–Trinajstić information content (AvgIpc) is 2.66. The van der Waals surface area contributed by atoms with E-state index >= 15 is 0 Å². The molecule has 0 aliphatic rings. The molecular formula is C21H15Cl3FNO3. The number of rotatable bonds is 6. The van der Waals surface area contributed by atoms with Crippen LogP contribution in [0.25, 0.3) is 11.1 Å². The van der Waals surface area contributed by atoms with Crippen LogP contribution in [0.5, 0.6) is 11.5 Å². The molecule has 0 saturated carbocycles. The number of phenolic OH excluding ortho intramolecular Hbond substituents is 1. The third-order valence-corrected chi connectivity index (χ3v) is 5.16. The lowest BCUT2D eigenvalue weighted by Gasteiger charge is -2.13. The van der Waals surface area contributed by atoms with Gasteiger partial charge in [0.05, 0.1) is 0 Å². The van der Waals surface area contributed by atoms with Gasteiger partial charge in [0, 0.05) is 32.6 Å². The van der Waals surface area contributed by atoms with Gasteiger partial charge < -0.3 is 15.6 Å². The number of aromatic hydroxyl groups is 1. The minimum absolute atomic E-state index is 0.0337. The van der Waals surface area contributed by atoms with Crippen molar-refractivity contribution in [2.75, 3.05) is 6.61 Å². The molecule has 0 aliphatic carbocycles. The summed E-state index contributed by atoms with van der Waals surface area (Å²) >= 11 is 18.8. The standard InChI is InChI=1S/C21H15Cl3FNO3/c22-17-3-2-12(25)7-14(17)15-5-11(1-4-20(15)27)6-16-18(23)8-13(9-19(16)24)29-10-21(26)28/h1-5,7-9,27H,6,10H2,(H2,26,28). The van der Waals surface area contributed by atoms with Crippen LogP contribution in [-0.4, -0.2) is 17.6 Å². The molecule has 0 aliphatic heterocycles. The third kappa shape index (κ3) is 5.12. The number of carbonyl (C=O) groups excluding carboxylic acids is 1. The summed E-state index contributed by atoms with van der Waals surface area (Å²) in [7, 11) is 0. The molecule has 3 aromatic rings. The van der Waals surface area contributed by atoms with Crippen molar-refractivity contribution in [1.29, 1.82) is 0 Å². The van der Waals surface area contributed by atoms with Crippen LogP contribution < -0.4 is 10.5 Å². The van der Waals surface area contributed by atoms with Crippen molar-refractivity contribution in [3.63, 3.8) is 0 Å². The Balaban J connectivity index is 1.93. The molecule has 0 unspecified atom stereocenters. The molecule has 0 spiro atoms. The molecule has 0 atom stereocenters. The highest BCUT2D eigenvalue weighted by molar-refractivity contribution is 6.36. The Morgan fingerprint density at radius 2 is 1.66 bits per heavy atom. The Kier molecular flexibility index (Phi) is 6.52. The van der Waals surface area contributed by atoms with Crippen molar-refractivity contribution in [2.24, 2.45) is 5.73 Å². The van der Waals surface area contributed by atoms with Crippen LogP contribution in [0.3, 0.4) is 0 Å². The molecule has 3 N–H and O–H groups in total. The lowest BCUT2D eigenvalue weighted by atomic mass is 9.98. The van der Waals surface area contributed by atoms with Gasteiger partial charge in [0.1, 0.15) is 17.3 Å². The molecule has 1 amide bonds. The third-order valence-electron chi connectivity index (χ3n) is 4.16. The fourth-order valence-corrected chi connectivity index (χ4v) is 3.62. The van der Waals surface area contributed by atoms with Crippen LogP contribution >= 0.6 is 34.8 Å². The molecule has 0 bridgehead atoms. The van der Waals surface area contributed by atoms with Crippen molar-refractivity contribution in [3.8, 4) is 22.6 Å². The summed E-state index contributed by atoms with van der Waals surface area (Å²) in [5.74, 6) is -0.796. The minimum Gasteiger partial charge on any atom is -0.507 e. The molecule has 8 heteroatoms. The van der Waals surface area contributed by atoms with Crippen molar-refractivity contribution >= 4 is 40.7 Å². The molecule has 0 aromatic heterocycles. The van der Waals surface area contributed by atoms with Crippen LogP contribution in [0.15, 0.2) is 48.5 Å². The summed E-state index contributed by atoms with van der Waals surface area (Å²) < 4.78 is 18.9. The van der Waals surface area contributed by atoms with E-state index in [1.165, 1.54) is 36.4 Å². The van der Waals surface area contributed by atoms with Crippen LogP contribution in [0, 0.1) is 5.82 Å². The molecular weight excluding hydrogens is 440 g/mol. The quantitative estimate of drug-likeness (QED) is 0.508. The minimum atomic E-state index is -0.617. The number of ether oxygens (including phenoxy) is 1. The van der Waals surface area contributed by atoms with Gasteiger partial charge in [-0.15, -0.1) is 0 Å². The molecule has 0 fully saturated rings. The maximum absolute atomic E-state index is 13.7. The first-order valence-electron chi connectivity index (χ1n) is 8.41. The number of amides is 1. The Bertz CT molecular complexity index is 1070. The van der Waals surface area contributed by atoms with Gasteiger partial charge in [0.2, 0.25) is 0 Å². The van der Waals surface area contributed by atoms with Crippen molar-refractivity contribution in [3.05, 3.63) is 80.5 Å². The van der Waals surface area contributed by atoms with E-state index in [2.05, 4.69) is 0 Å². The normalized spacial score (nSPS) is 10.8. The van der Waals surface area contributed by atoms with E-state index in [9.17, 15) is 14.3 Å². The maximum Gasteiger partial charge on any atom is 0.255 e. The van der Waals surface area contributed by atoms with Gasteiger partial charge in [0.15, 0.2) is 6.61 Å². The first-order valence-corrected chi connectivity index (χ1v) is 9.54. The van der Waals surface area contributed by atoms with Gasteiger partial charge in [0.25, 0.3) is 5.91 Å². The Labute approximate surface area is 181 Å². The second kappa shape index (κ2) is 8.91. The van der Waals surface area contributed by atoms with E-state index in [-0.39, 0.29) is 12.4 Å². The summed E-state index contributed by atoms with van der Waals surface area (Å²) in [6.45, 7) is -0.290. The van der Waals surface area contributed by atoms with Gasteiger partial charge in [-0.05, 0) is 53.6 Å². The van der Waals surface area contributed by atoms with Crippen LogP contribution in [0.4, 0.5) is 4.39 Å². The molecule has 4 nitrogen and oxygen atoms in total. The number of nitrogens with two attached hydrogens (primary N) is 1. The van der Waals surface area contributed by atoms with Crippen LogP contribution in [0.1, 0.15) is 11.1 Å². The van der Waals surface area contributed by atoms with E-state index in [0.29, 0.717) is 43.9 Å². The van der Waals surface area contributed by atoms with Gasteiger partial charge >= 0.3 is 0 Å². The molecule has 150 valence electrons. The second-order valence-electron chi connectivity index (χ2n) is 6.27. The average molecular weight is 455 g/mol. The second-order valence-corrected chi connectivity index (χ2v) is 7.49. The number of carbonyl (C=O) groups is 1. The Morgan fingerprint density at radius 3 is 2.31 bits per heavy atom. The van der Waals surface area contributed by atoms with Crippen molar-refractivity contribution in [1.82, 2.24) is 0 Å². The van der Waals surface area contributed by atoms with Gasteiger partial charge in [-0.25, -0.2) is 4.39 Å². The highest BCUT2D eigenvalue weighted by Gasteiger charge is 2.14. The maximum atomic E-state index is 13.7. The zero-order valence-corrected chi connectivity index (χ0v) is 17.2. The highest BCUT2D eigenvalue weighted by Crippen LogP contribution is 2.37. The number of benzene rings is 3. The molecule has 29 heavy (non-hydrogen) atoms. The summed E-state index contributed by atoms with van der Waals surface area (Å²) in [6.07, 6.45) is 0.341. The number of halogens is 4. The summed E-state index contributed by atoms with van der Waals surface area (Å²) in [5, 5.41) is 11.2. The molecule has 3 rings (SSSR count). The van der Waals surface area contributed by atoms with Crippen LogP contribution in [0.2, 0.25) is 15.1 Å². The highest BCUT2D eigenvalue weighted by atomic mass is 35.5. The van der Waals surface area contributed by atoms with Gasteiger partial charge in [-0.1, -0.05) is 40.9 Å². The predicted octanol–water partition coefficient (Wildman–Crippen LogP) is 5.61. The van der Waals surface area contributed by atoms with E-state index in [1.807, 2.05) is 0 Å². The fourth-order valence-electron chi connectivity index (χ4n) is 2.80. The van der Waals surface area contributed by atoms with Crippen molar-refractivity contribution in [2.45, 2.75) is 6.42 Å². The van der Waals surface area contributed by atoms with E-state index in [4.69, 9.17) is 45.3 Å². The smallest absolute Gasteiger partial charge is 0.255 e. The van der Waals surface area contributed by atoms with E-state index < -0.39 is 11.7 Å². The Morgan fingerprint density at radius 1 is 0.966 bits per heavy atom. The first kappa shape index (κ1) is 21.2. The number of hydrogen-bond acceptors (Lipinski definition) is 3. The summed E-state index contributed by atoms with van der Waals surface area (Å²) in [5.41, 5.74) is 7.22. The number of primary amides is 1. The monoisotopic (exact) mass is 453 g/mol.